The number of carbonyl (C=O) groups excluding carboxylic acids is 1. The van der Waals surface area contributed by atoms with Gasteiger partial charge in [-0.15, -0.1) is 0 Å². The normalized spacial score (nSPS) is 10.5. The molecular weight excluding hydrogens is 196 g/mol. The van der Waals surface area contributed by atoms with E-state index >= 15 is 0 Å². The molecule has 78 valence electrons. The third-order valence-electron chi connectivity index (χ3n) is 1.96. The molecule has 3 N–H and O–H groups in total. The van der Waals surface area contributed by atoms with E-state index in [2.05, 4.69) is 19.7 Å². The third-order valence-corrected chi connectivity index (χ3v) is 1.96. The lowest BCUT2D eigenvalue weighted by Gasteiger charge is -1.93. The molecule has 2 aromatic heterocycles. The molecule has 0 aromatic carbocycles. The van der Waals surface area contributed by atoms with Gasteiger partial charge in [-0.3, -0.25) is 4.79 Å². The van der Waals surface area contributed by atoms with E-state index in [1.807, 2.05) is 0 Å². The highest BCUT2D eigenvalue weighted by Gasteiger charge is 2.08. The lowest BCUT2D eigenvalue weighted by Crippen LogP contribution is -2.05. The predicted molar refractivity (Wildman–Crippen MR) is 54.0 cm³/mol. The van der Waals surface area contributed by atoms with Crippen LogP contribution in [0.15, 0.2) is 12.1 Å². The summed E-state index contributed by atoms with van der Waals surface area (Å²) in [6, 6.07) is 3.44. The van der Waals surface area contributed by atoms with Crippen LogP contribution < -0.4 is 5.73 Å². The van der Waals surface area contributed by atoms with Gasteiger partial charge in [0.15, 0.2) is 5.65 Å². The average Bonchev–Trinajstić information content (AvgIpc) is 2.59. The summed E-state index contributed by atoms with van der Waals surface area (Å²) in [7, 11) is 1.33. The molecule has 2 rings (SSSR count). The van der Waals surface area contributed by atoms with Crippen molar-refractivity contribution >= 4 is 23.0 Å². The maximum absolute atomic E-state index is 11.0. The van der Waals surface area contributed by atoms with Gasteiger partial charge < -0.3 is 15.5 Å². The van der Waals surface area contributed by atoms with Crippen LogP contribution in [0.1, 0.15) is 5.82 Å². The number of hydrogen-bond donors (Lipinski definition) is 2. The Morgan fingerprint density at radius 3 is 3.07 bits per heavy atom. The van der Waals surface area contributed by atoms with E-state index in [0.29, 0.717) is 17.3 Å². The number of H-pyrrole nitrogens is 1. The summed E-state index contributed by atoms with van der Waals surface area (Å²) in [5.74, 6) is 0.579. The van der Waals surface area contributed by atoms with Crippen LogP contribution >= 0.6 is 0 Å². The summed E-state index contributed by atoms with van der Waals surface area (Å²) in [6.45, 7) is 0. The van der Waals surface area contributed by atoms with Crippen molar-refractivity contribution in [2.24, 2.45) is 0 Å². The number of ether oxygens (including phenoxy) is 1. The Labute approximate surface area is 85.5 Å². The first-order valence-corrected chi connectivity index (χ1v) is 4.37. The van der Waals surface area contributed by atoms with Crippen LogP contribution in [0.25, 0.3) is 11.2 Å². The Hall–Kier alpha value is -2.11. The molecule has 6 nitrogen and oxygen atoms in total. The Morgan fingerprint density at radius 2 is 2.33 bits per heavy atom. The van der Waals surface area contributed by atoms with Gasteiger partial charge in [-0.05, 0) is 12.1 Å². The Morgan fingerprint density at radius 1 is 1.53 bits per heavy atom. The number of hydrogen-bond acceptors (Lipinski definition) is 5. The molecular formula is C9H10N4O2. The van der Waals surface area contributed by atoms with Gasteiger partial charge in [0.05, 0.1) is 12.6 Å². The Balaban J connectivity index is 2.34. The number of methoxy groups -OCH3 is 1. The smallest absolute Gasteiger partial charge is 0.313 e. The molecule has 15 heavy (non-hydrogen) atoms. The van der Waals surface area contributed by atoms with Crippen LogP contribution in [0, 0.1) is 0 Å². The summed E-state index contributed by atoms with van der Waals surface area (Å²) in [5, 5.41) is 0. The second kappa shape index (κ2) is 3.56. The van der Waals surface area contributed by atoms with Crippen molar-refractivity contribution in [2.75, 3.05) is 12.8 Å². The number of pyridine rings is 1. The van der Waals surface area contributed by atoms with E-state index < -0.39 is 0 Å². The maximum Gasteiger partial charge on any atom is 0.313 e. The average molecular weight is 206 g/mol. The molecule has 0 fully saturated rings. The standard InChI is InChI=1S/C9H10N4O2/c1-15-8(14)4-7-11-5-2-3-6(10)12-9(5)13-7/h2-3H,4H2,1H3,(H3,10,11,12,13). The van der Waals surface area contributed by atoms with Crippen molar-refractivity contribution < 1.29 is 9.53 Å². The minimum Gasteiger partial charge on any atom is -0.469 e. The summed E-state index contributed by atoms with van der Waals surface area (Å²) in [5.41, 5.74) is 6.77. The van der Waals surface area contributed by atoms with Crippen molar-refractivity contribution in [3.8, 4) is 0 Å². The van der Waals surface area contributed by atoms with Crippen molar-refractivity contribution in [1.82, 2.24) is 15.0 Å². The quantitative estimate of drug-likeness (QED) is 0.687. The van der Waals surface area contributed by atoms with E-state index in [1.165, 1.54) is 7.11 Å². The molecule has 2 heterocycles. The number of aromatic amines is 1. The SMILES string of the molecule is COC(=O)Cc1nc2nc(N)ccc2[nH]1. The fourth-order valence-electron chi connectivity index (χ4n) is 1.25. The number of nitrogens with two attached hydrogens (primary N) is 1. The first-order valence-electron chi connectivity index (χ1n) is 4.37. The summed E-state index contributed by atoms with van der Waals surface area (Å²) >= 11 is 0. The van der Waals surface area contributed by atoms with Crippen molar-refractivity contribution in [1.29, 1.82) is 0 Å². The zero-order chi connectivity index (χ0) is 10.8. The van der Waals surface area contributed by atoms with Gasteiger partial charge in [0.2, 0.25) is 0 Å². The fourth-order valence-corrected chi connectivity index (χ4v) is 1.25. The molecule has 0 saturated carbocycles. The van der Waals surface area contributed by atoms with Gasteiger partial charge >= 0.3 is 5.97 Å². The topological polar surface area (TPSA) is 93.9 Å². The number of rotatable bonds is 2. The molecule has 0 bridgehead atoms. The van der Waals surface area contributed by atoms with Crippen LogP contribution in [-0.4, -0.2) is 28.0 Å². The second-order valence-corrected chi connectivity index (χ2v) is 3.04. The van der Waals surface area contributed by atoms with Crippen LogP contribution in [0.2, 0.25) is 0 Å². The number of esters is 1. The first-order chi connectivity index (χ1) is 7.19. The molecule has 0 amide bonds. The molecule has 0 aliphatic heterocycles. The van der Waals surface area contributed by atoms with Crippen molar-refractivity contribution in [3.05, 3.63) is 18.0 Å². The molecule has 6 heteroatoms. The van der Waals surface area contributed by atoms with Crippen LogP contribution in [0.4, 0.5) is 5.82 Å². The first kappa shape index (κ1) is 9.45. The zero-order valence-electron chi connectivity index (χ0n) is 8.15. The highest BCUT2D eigenvalue weighted by molar-refractivity contribution is 5.76. The minimum atomic E-state index is -0.345. The number of carbonyl (C=O) groups is 1. The van der Waals surface area contributed by atoms with E-state index in [1.54, 1.807) is 12.1 Å². The van der Waals surface area contributed by atoms with Gasteiger partial charge in [0, 0.05) is 0 Å². The third kappa shape index (κ3) is 1.88. The van der Waals surface area contributed by atoms with Crippen LogP contribution in [0.5, 0.6) is 0 Å². The number of nitrogen functional groups attached to an aromatic ring is 1. The predicted octanol–water partition coefficient (Wildman–Crippen LogP) is 0.256. The van der Waals surface area contributed by atoms with Crippen LogP contribution in [0.3, 0.4) is 0 Å². The molecule has 0 unspecified atom stereocenters. The van der Waals surface area contributed by atoms with E-state index in [0.717, 1.165) is 5.52 Å². The van der Waals surface area contributed by atoms with Crippen molar-refractivity contribution in [2.45, 2.75) is 6.42 Å². The van der Waals surface area contributed by atoms with Crippen molar-refractivity contribution in [3.63, 3.8) is 0 Å². The van der Waals surface area contributed by atoms with E-state index in [-0.39, 0.29) is 12.4 Å². The summed E-state index contributed by atoms with van der Waals surface area (Å²) in [6.07, 6.45) is 0.104. The lowest BCUT2D eigenvalue weighted by atomic mass is 10.4. The van der Waals surface area contributed by atoms with Gasteiger partial charge in [-0.25, -0.2) is 9.97 Å². The fraction of sp³-hybridized carbons (Fsp3) is 0.222. The summed E-state index contributed by atoms with van der Waals surface area (Å²) < 4.78 is 4.53. The lowest BCUT2D eigenvalue weighted by molar-refractivity contribution is -0.139. The molecule has 0 radical (unpaired) electrons. The molecule has 2 aromatic rings. The van der Waals surface area contributed by atoms with Gasteiger partial charge in [0.1, 0.15) is 18.1 Å². The highest BCUT2D eigenvalue weighted by Crippen LogP contribution is 2.11. The number of aromatic nitrogens is 3. The van der Waals surface area contributed by atoms with Gasteiger partial charge in [-0.2, -0.15) is 0 Å². The number of nitrogens with zero attached hydrogens (tertiary/aromatic N) is 2. The number of anilines is 1. The molecule has 0 aliphatic carbocycles. The van der Waals surface area contributed by atoms with Gasteiger partial charge in [0.25, 0.3) is 0 Å². The maximum atomic E-state index is 11.0. The van der Waals surface area contributed by atoms with E-state index in [9.17, 15) is 4.79 Å². The largest absolute Gasteiger partial charge is 0.469 e. The molecule has 0 aliphatic rings. The Bertz CT molecular complexity index is 506. The second-order valence-electron chi connectivity index (χ2n) is 3.04. The summed E-state index contributed by atoms with van der Waals surface area (Å²) in [4.78, 5) is 22.1. The minimum absolute atomic E-state index is 0.104. The molecule has 0 atom stereocenters. The van der Waals surface area contributed by atoms with Crippen LogP contribution in [-0.2, 0) is 16.0 Å². The van der Waals surface area contributed by atoms with Gasteiger partial charge in [-0.1, -0.05) is 0 Å². The number of fused-ring (bicyclic) bond motifs is 1. The highest BCUT2D eigenvalue weighted by atomic mass is 16.5. The number of imidazole rings is 1. The number of nitrogens with one attached hydrogen (secondary N) is 1. The molecule has 0 spiro atoms. The Kier molecular flexibility index (Phi) is 2.24. The monoisotopic (exact) mass is 206 g/mol. The molecule has 0 saturated heterocycles. The van der Waals surface area contributed by atoms with E-state index in [4.69, 9.17) is 5.73 Å². The zero-order valence-corrected chi connectivity index (χ0v) is 8.15.